The molecule has 3 rings (SSSR count). The average Bonchev–Trinajstić information content (AvgIpc) is 2.98. The van der Waals surface area contributed by atoms with Gasteiger partial charge in [0.1, 0.15) is 17.3 Å². The lowest BCUT2D eigenvalue weighted by Gasteiger charge is -2.11. The van der Waals surface area contributed by atoms with Crippen LogP contribution in [0.3, 0.4) is 0 Å². The summed E-state index contributed by atoms with van der Waals surface area (Å²) >= 11 is 6.14. The van der Waals surface area contributed by atoms with E-state index in [2.05, 4.69) is 20.5 Å². The third kappa shape index (κ3) is 3.33. The van der Waals surface area contributed by atoms with E-state index in [4.69, 9.17) is 16.7 Å². The van der Waals surface area contributed by atoms with E-state index < -0.39 is 0 Å². The van der Waals surface area contributed by atoms with Gasteiger partial charge in [-0.2, -0.15) is 0 Å². The van der Waals surface area contributed by atoms with Crippen molar-refractivity contribution in [1.82, 2.24) is 19.7 Å². The Labute approximate surface area is 138 Å². The van der Waals surface area contributed by atoms with Crippen molar-refractivity contribution >= 4 is 17.4 Å². The summed E-state index contributed by atoms with van der Waals surface area (Å²) in [5.74, 6) is 1.40. The number of aryl methyl sites for hydroxylation is 1. The molecule has 0 bridgehead atoms. The molecule has 0 aliphatic heterocycles. The van der Waals surface area contributed by atoms with Gasteiger partial charge < -0.3 is 15.0 Å². The predicted octanol–water partition coefficient (Wildman–Crippen LogP) is 2.60. The monoisotopic (exact) mass is 329 g/mol. The van der Waals surface area contributed by atoms with E-state index in [0.29, 0.717) is 17.5 Å². The van der Waals surface area contributed by atoms with Crippen molar-refractivity contribution in [2.24, 2.45) is 7.05 Å². The van der Waals surface area contributed by atoms with Crippen molar-refractivity contribution < 1.29 is 5.11 Å². The Bertz CT molecular complexity index is 818. The number of aliphatic hydroxyl groups excluding tert-OH is 1. The maximum absolute atomic E-state index is 8.94. The summed E-state index contributed by atoms with van der Waals surface area (Å²) in [6, 6.07) is 11.6. The summed E-state index contributed by atoms with van der Waals surface area (Å²) < 4.78 is 1.87. The Morgan fingerprint density at radius 1 is 1.22 bits per heavy atom. The molecule has 0 amide bonds. The Kier molecular flexibility index (Phi) is 4.55. The Balaban J connectivity index is 2.09. The molecule has 1 aromatic carbocycles. The number of anilines is 1. The molecule has 2 heterocycles. The van der Waals surface area contributed by atoms with Gasteiger partial charge in [0.05, 0.1) is 6.61 Å². The van der Waals surface area contributed by atoms with Gasteiger partial charge in [0.15, 0.2) is 5.82 Å². The van der Waals surface area contributed by atoms with Crippen LogP contribution < -0.4 is 5.32 Å². The molecule has 2 N–H and O–H groups in total. The van der Waals surface area contributed by atoms with Crippen LogP contribution in [0, 0.1) is 0 Å². The number of rotatable bonds is 5. The van der Waals surface area contributed by atoms with E-state index in [-0.39, 0.29) is 6.61 Å². The molecule has 7 heteroatoms. The average molecular weight is 330 g/mol. The summed E-state index contributed by atoms with van der Waals surface area (Å²) in [5.41, 5.74) is 2.87. The zero-order chi connectivity index (χ0) is 16.2. The molecule has 0 fully saturated rings. The summed E-state index contributed by atoms with van der Waals surface area (Å²) in [5, 5.41) is 20.5. The van der Waals surface area contributed by atoms with E-state index >= 15 is 0 Å². The number of halogens is 1. The molecule has 0 aliphatic carbocycles. The van der Waals surface area contributed by atoms with Crippen molar-refractivity contribution in [2.75, 3.05) is 18.5 Å². The van der Waals surface area contributed by atoms with E-state index in [1.807, 2.05) is 41.9 Å². The molecule has 3 aromatic rings. The highest BCUT2D eigenvalue weighted by atomic mass is 35.5. The fraction of sp³-hybridized carbons (Fsp3) is 0.188. The molecule has 0 aliphatic rings. The highest BCUT2D eigenvalue weighted by Crippen LogP contribution is 2.32. The van der Waals surface area contributed by atoms with Gasteiger partial charge in [0.2, 0.25) is 0 Å². The van der Waals surface area contributed by atoms with Crippen LogP contribution in [0.2, 0.25) is 5.15 Å². The van der Waals surface area contributed by atoms with Gasteiger partial charge in [-0.3, -0.25) is 0 Å². The summed E-state index contributed by atoms with van der Waals surface area (Å²) in [7, 11) is 1.90. The highest BCUT2D eigenvalue weighted by molar-refractivity contribution is 6.29. The molecule has 0 saturated heterocycles. The normalized spacial score (nSPS) is 10.7. The van der Waals surface area contributed by atoms with E-state index in [1.165, 1.54) is 0 Å². The van der Waals surface area contributed by atoms with Gasteiger partial charge in [0, 0.05) is 19.2 Å². The second-order valence-electron chi connectivity index (χ2n) is 5.03. The van der Waals surface area contributed by atoms with Crippen molar-refractivity contribution in [1.29, 1.82) is 0 Å². The highest BCUT2D eigenvalue weighted by Gasteiger charge is 2.13. The van der Waals surface area contributed by atoms with Crippen LogP contribution in [-0.2, 0) is 7.05 Å². The van der Waals surface area contributed by atoms with Gasteiger partial charge in [-0.25, -0.2) is 4.98 Å². The topological polar surface area (TPSA) is 75.9 Å². The first-order valence-electron chi connectivity index (χ1n) is 7.15. The summed E-state index contributed by atoms with van der Waals surface area (Å²) in [6.07, 6.45) is 1.67. The number of aromatic nitrogens is 4. The van der Waals surface area contributed by atoms with Gasteiger partial charge in [-0.05, 0) is 23.3 Å². The molecule has 118 valence electrons. The number of aliphatic hydroxyl groups is 1. The molecule has 23 heavy (non-hydrogen) atoms. The van der Waals surface area contributed by atoms with Crippen LogP contribution in [0.4, 0.5) is 5.82 Å². The quantitative estimate of drug-likeness (QED) is 0.704. The summed E-state index contributed by atoms with van der Waals surface area (Å²) in [4.78, 5) is 4.22. The van der Waals surface area contributed by atoms with Crippen LogP contribution in [0.1, 0.15) is 0 Å². The molecule has 0 saturated carbocycles. The molecule has 2 aromatic heterocycles. The lowest BCUT2D eigenvalue weighted by atomic mass is 10.00. The molecule has 0 unspecified atom stereocenters. The zero-order valence-corrected chi connectivity index (χ0v) is 13.3. The molecular weight excluding hydrogens is 314 g/mol. The first kappa shape index (κ1) is 15.5. The smallest absolute Gasteiger partial charge is 0.164 e. The number of pyridine rings is 1. The lowest BCUT2D eigenvalue weighted by molar-refractivity contribution is 0.311. The number of benzene rings is 1. The first-order valence-corrected chi connectivity index (χ1v) is 7.53. The largest absolute Gasteiger partial charge is 0.395 e. The Morgan fingerprint density at radius 2 is 2.00 bits per heavy atom. The third-order valence-electron chi connectivity index (χ3n) is 3.40. The van der Waals surface area contributed by atoms with E-state index in [0.717, 1.165) is 22.5 Å². The third-order valence-corrected chi connectivity index (χ3v) is 3.60. The van der Waals surface area contributed by atoms with E-state index in [9.17, 15) is 0 Å². The standard InChI is InChI=1S/C16H16ClN5O/c1-22-10-19-21-16(22)13-5-3-2-4-12(13)11-8-14(17)20-15(9-11)18-6-7-23/h2-5,8-10,23H,6-7H2,1H3,(H,18,20). The van der Waals surface area contributed by atoms with Gasteiger partial charge >= 0.3 is 0 Å². The van der Waals surface area contributed by atoms with Gasteiger partial charge in [-0.15, -0.1) is 10.2 Å². The van der Waals surface area contributed by atoms with Crippen molar-refractivity contribution in [3.63, 3.8) is 0 Å². The maximum Gasteiger partial charge on any atom is 0.164 e. The van der Waals surface area contributed by atoms with Crippen LogP contribution in [0.15, 0.2) is 42.7 Å². The van der Waals surface area contributed by atoms with Crippen LogP contribution >= 0.6 is 11.6 Å². The van der Waals surface area contributed by atoms with E-state index in [1.54, 1.807) is 12.4 Å². The van der Waals surface area contributed by atoms with Crippen molar-refractivity contribution in [3.8, 4) is 22.5 Å². The number of nitrogens with zero attached hydrogens (tertiary/aromatic N) is 4. The number of hydrogen-bond donors (Lipinski definition) is 2. The minimum absolute atomic E-state index is 0.0268. The second kappa shape index (κ2) is 6.76. The molecule has 0 spiro atoms. The Hall–Kier alpha value is -2.44. The summed E-state index contributed by atoms with van der Waals surface area (Å²) in [6.45, 7) is 0.441. The Morgan fingerprint density at radius 3 is 2.70 bits per heavy atom. The molecular formula is C16H16ClN5O. The minimum Gasteiger partial charge on any atom is -0.395 e. The fourth-order valence-corrected chi connectivity index (χ4v) is 2.59. The molecule has 6 nitrogen and oxygen atoms in total. The van der Waals surface area contributed by atoms with Crippen LogP contribution in [0.25, 0.3) is 22.5 Å². The molecule has 0 atom stereocenters. The first-order chi connectivity index (χ1) is 11.2. The maximum atomic E-state index is 8.94. The van der Waals surface area contributed by atoms with Crippen molar-refractivity contribution in [3.05, 3.63) is 47.9 Å². The van der Waals surface area contributed by atoms with Crippen LogP contribution in [0.5, 0.6) is 0 Å². The van der Waals surface area contributed by atoms with Gasteiger partial charge in [-0.1, -0.05) is 35.9 Å². The predicted molar refractivity (Wildman–Crippen MR) is 90.3 cm³/mol. The van der Waals surface area contributed by atoms with Crippen molar-refractivity contribution in [2.45, 2.75) is 0 Å². The fourth-order valence-electron chi connectivity index (χ4n) is 2.38. The van der Waals surface area contributed by atoms with Gasteiger partial charge in [0.25, 0.3) is 0 Å². The zero-order valence-electron chi connectivity index (χ0n) is 12.6. The second-order valence-corrected chi connectivity index (χ2v) is 5.41. The SMILES string of the molecule is Cn1cnnc1-c1ccccc1-c1cc(Cl)nc(NCCO)c1. The number of nitrogens with one attached hydrogen (secondary N) is 1. The van der Waals surface area contributed by atoms with Crippen LogP contribution in [-0.4, -0.2) is 38.0 Å². The lowest BCUT2D eigenvalue weighted by Crippen LogP contribution is -2.07. The molecule has 0 radical (unpaired) electrons. The minimum atomic E-state index is 0.0268. The number of hydrogen-bond acceptors (Lipinski definition) is 5.